The van der Waals surface area contributed by atoms with Crippen molar-refractivity contribution in [1.82, 2.24) is 14.4 Å². The molecule has 0 unspecified atom stereocenters. The van der Waals surface area contributed by atoms with Crippen molar-refractivity contribution >= 4 is 27.5 Å². The number of aromatic nitrogens is 3. The van der Waals surface area contributed by atoms with Crippen LogP contribution in [-0.4, -0.2) is 62.1 Å². The Balaban J connectivity index is 2.56. The highest BCUT2D eigenvalue weighted by Crippen LogP contribution is 2.26. The fourth-order valence-electron chi connectivity index (χ4n) is 2.97. The van der Waals surface area contributed by atoms with E-state index in [1.165, 1.54) is 19.2 Å². The van der Waals surface area contributed by atoms with E-state index >= 15 is 0 Å². The molecule has 0 spiro atoms. The molecule has 1 heterocycles. The summed E-state index contributed by atoms with van der Waals surface area (Å²) in [5.74, 6) is -0.634. The molecule has 28 heavy (non-hydrogen) atoms. The van der Waals surface area contributed by atoms with Gasteiger partial charge in [0.2, 0.25) is 5.69 Å². The first-order valence-corrected chi connectivity index (χ1v) is 10.7. The van der Waals surface area contributed by atoms with Gasteiger partial charge >= 0.3 is 5.97 Å². The highest BCUT2D eigenvalue weighted by atomic mass is 32.2. The van der Waals surface area contributed by atoms with Gasteiger partial charge in [-0.25, -0.2) is 4.79 Å². The van der Waals surface area contributed by atoms with Gasteiger partial charge in [-0.15, -0.1) is 9.19 Å². The Hall–Kier alpha value is -2.62. The monoisotopic (exact) mass is 409 g/mol. The van der Waals surface area contributed by atoms with Crippen molar-refractivity contribution in [2.45, 2.75) is 32.6 Å². The number of rotatable bonds is 9. The minimum absolute atomic E-state index is 0.0677. The van der Waals surface area contributed by atoms with E-state index < -0.39 is 16.0 Å². The van der Waals surface area contributed by atoms with E-state index in [9.17, 15) is 13.2 Å². The number of benzene rings is 1. The number of anilines is 2. The molecule has 0 saturated carbocycles. The molecule has 2 aromatic rings. The minimum Gasteiger partial charge on any atom is -0.464 e. The zero-order chi connectivity index (χ0) is 20.9. The normalized spacial score (nSPS) is 11.3. The van der Waals surface area contributed by atoms with Crippen molar-refractivity contribution in [2.75, 3.05) is 43.1 Å². The number of methoxy groups -OCH3 is 1. The summed E-state index contributed by atoms with van der Waals surface area (Å²) in [4.78, 5) is 16.0. The minimum atomic E-state index is -4.04. The zero-order valence-electron chi connectivity index (χ0n) is 16.9. The number of hydrogen-bond acceptors (Lipinski definition) is 8. The Morgan fingerprint density at radius 2 is 1.54 bits per heavy atom. The molecule has 0 aliphatic rings. The van der Waals surface area contributed by atoms with E-state index in [0.717, 1.165) is 22.9 Å². The highest BCUT2D eigenvalue weighted by molar-refractivity contribution is 7.90. The van der Waals surface area contributed by atoms with E-state index in [-0.39, 0.29) is 16.4 Å². The van der Waals surface area contributed by atoms with Crippen LogP contribution in [0.4, 0.5) is 11.5 Å². The topological polar surface area (TPSA) is 97.6 Å². The van der Waals surface area contributed by atoms with Gasteiger partial charge in [-0.1, -0.05) is 0 Å². The smallest absolute Gasteiger partial charge is 0.362 e. The average molecular weight is 410 g/mol. The van der Waals surface area contributed by atoms with E-state index in [2.05, 4.69) is 15.2 Å². The average Bonchev–Trinajstić information content (AvgIpc) is 3.15. The maximum atomic E-state index is 13.2. The van der Waals surface area contributed by atoms with Crippen LogP contribution in [0.5, 0.6) is 0 Å². The van der Waals surface area contributed by atoms with Gasteiger partial charge in [-0.3, -0.25) is 0 Å². The van der Waals surface area contributed by atoms with E-state index in [4.69, 9.17) is 4.74 Å². The number of carbonyl (C=O) groups excluding carboxylic acids is 1. The molecule has 0 bridgehead atoms. The van der Waals surface area contributed by atoms with Gasteiger partial charge in [-0.2, -0.15) is 8.42 Å². The van der Waals surface area contributed by atoms with Crippen LogP contribution >= 0.6 is 0 Å². The lowest BCUT2D eigenvalue weighted by Crippen LogP contribution is -2.29. The van der Waals surface area contributed by atoms with E-state index in [1.807, 2.05) is 27.7 Å². The van der Waals surface area contributed by atoms with Gasteiger partial charge in [-0.05, 0) is 57.2 Å². The number of hydrogen-bond donors (Lipinski definition) is 0. The predicted octanol–water partition coefficient (Wildman–Crippen LogP) is 1.99. The molecule has 10 heteroatoms. The third-order valence-corrected chi connectivity index (χ3v) is 6.12. The highest BCUT2D eigenvalue weighted by Gasteiger charge is 2.31. The summed E-state index contributed by atoms with van der Waals surface area (Å²) in [5.41, 5.74) is 0.802. The van der Waals surface area contributed by atoms with Crippen LogP contribution < -0.4 is 9.80 Å². The summed E-state index contributed by atoms with van der Waals surface area (Å²) >= 11 is 0. The third kappa shape index (κ3) is 3.96. The summed E-state index contributed by atoms with van der Waals surface area (Å²) in [7, 11) is -2.82. The van der Waals surface area contributed by atoms with E-state index in [0.29, 0.717) is 13.1 Å². The molecule has 1 aromatic heterocycles. The Morgan fingerprint density at radius 1 is 1.00 bits per heavy atom. The lowest BCUT2D eigenvalue weighted by atomic mass is 10.3. The molecule has 0 aliphatic heterocycles. The molecule has 2 rings (SSSR count). The van der Waals surface area contributed by atoms with Gasteiger partial charge in [0.15, 0.2) is 5.82 Å². The fraction of sp³-hybridized carbons (Fsp3) is 0.500. The van der Waals surface area contributed by atoms with Crippen molar-refractivity contribution < 1.29 is 17.9 Å². The zero-order valence-corrected chi connectivity index (χ0v) is 17.7. The lowest BCUT2D eigenvalue weighted by Gasteiger charge is -2.22. The number of nitrogens with zero attached hydrogens (tertiary/aromatic N) is 5. The standard InChI is InChI=1S/C18H27N5O4S/c1-6-21(7-2)14-10-12-15(13-11-14)28(25,26)23-17(22(8-3)9-4)16(19-20-23)18(24)27-5/h10-13H,6-9H2,1-5H3. The fourth-order valence-corrected chi connectivity index (χ4v) is 4.21. The first kappa shape index (κ1) is 21.7. The molecule has 0 saturated heterocycles. The molecule has 0 radical (unpaired) electrons. The van der Waals surface area contributed by atoms with Gasteiger partial charge < -0.3 is 14.5 Å². The molecule has 0 amide bonds. The maximum absolute atomic E-state index is 13.2. The molecule has 0 N–H and O–H groups in total. The first-order valence-electron chi connectivity index (χ1n) is 9.25. The summed E-state index contributed by atoms with van der Waals surface area (Å²) in [6, 6.07) is 6.59. The second-order valence-corrected chi connectivity index (χ2v) is 7.71. The first-order chi connectivity index (χ1) is 13.3. The van der Waals surface area contributed by atoms with Gasteiger partial charge in [0.1, 0.15) is 0 Å². The van der Waals surface area contributed by atoms with Gasteiger partial charge in [0.25, 0.3) is 10.0 Å². The maximum Gasteiger partial charge on any atom is 0.362 e. The van der Waals surface area contributed by atoms with Gasteiger partial charge in [0, 0.05) is 31.9 Å². The SMILES string of the molecule is CCN(CC)c1ccc(S(=O)(=O)n2nnc(C(=O)OC)c2N(CC)CC)cc1. The quantitative estimate of drug-likeness (QED) is 0.580. The van der Waals surface area contributed by atoms with Gasteiger partial charge in [0.05, 0.1) is 12.0 Å². The van der Waals surface area contributed by atoms with Crippen molar-refractivity contribution in [3.8, 4) is 0 Å². The van der Waals surface area contributed by atoms with Crippen LogP contribution in [0, 0.1) is 0 Å². The molecular weight excluding hydrogens is 382 g/mol. The van der Waals surface area contributed by atoms with Crippen LogP contribution in [-0.2, 0) is 14.8 Å². The molecule has 0 aliphatic carbocycles. The van der Waals surface area contributed by atoms with Crippen molar-refractivity contribution in [3.05, 3.63) is 30.0 Å². The van der Waals surface area contributed by atoms with Crippen LogP contribution in [0.2, 0.25) is 0 Å². The summed E-state index contributed by atoms with van der Waals surface area (Å²) < 4.78 is 31.9. The summed E-state index contributed by atoms with van der Waals surface area (Å²) in [6.07, 6.45) is 0. The molecule has 1 aromatic carbocycles. The number of ether oxygens (including phenoxy) is 1. The molecule has 0 fully saturated rings. The Morgan fingerprint density at radius 3 is 2.00 bits per heavy atom. The second kappa shape index (κ2) is 9.05. The number of esters is 1. The van der Waals surface area contributed by atoms with Crippen LogP contribution in [0.25, 0.3) is 0 Å². The molecule has 154 valence electrons. The third-order valence-electron chi connectivity index (χ3n) is 4.55. The predicted molar refractivity (Wildman–Crippen MR) is 108 cm³/mol. The second-order valence-electron chi connectivity index (χ2n) is 5.94. The molecular formula is C18H27N5O4S. The molecule has 9 nitrogen and oxygen atoms in total. The largest absolute Gasteiger partial charge is 0.464 e. The Bertz CT molecular complexity index is 901. The van der Waals surface area contributed by atoms with Crippen molar-refractivity contribution in [1.29, 1.82) is 0 Å². The lowest BCUT2D eigenvalue weighted by molar-refractivity contribution is 0.0594. The van der Waals surface area contributed by atoms with Crippen LogP contribution in [0.3, 0.4) is 0 Å². The van der Waals surface area contributed by atoms with E-state index in [1.54, 1.807) is 17.0 Å². The van der Waals surface area contributed by atoms with Crippen molar-refractivity contribution in [2.24, 2.45) is 0 Å². The number of carbonyl (C=O) groups is 1. The molecule has 0 atom stereocenters. The Labute approximate surface area is 165 Å². The van der Waals surface area contributed by atoms with Crippen molar-refractivity contribution in [3.63, 3.8) is 0 Å². The summed E-state index contributed by atoms with van der Waals surface area (Å²) in [6.45, 7) is 10.4. The summed E-state index contributed by atoms with van der Waals surface area (Å²) in [5, 5.41) is 7.54. The Kier molecular flexibility index (Phi) is 7.00. The van der Waals surface area contributed by atoms with Crippen LogP contribution in [0.15, 0.2) is 29.2 Å². The van der Waals surface area contributed by atoms with Crippen LogP contribution in [0.1, 0.15) is 38.2 Å².